The summed E-state index contributed by atoms with van der Waals surface area (Å²) < 4.78 is 23.0. The molecule has 2 heterocycles. The highest BCUT2D eigenvalue weighted by atomic mass is 16.7. The first-order valence-corrected chi connectivity index (χ1v) is 40.4. The summed E-state index contributed by atoms with van der Waals surface area (Å²) >= 11 is 0. The number of allylic oxidation sites excluding steroid dienone is 8. The van der Waals surface area contributed by atoms with E-state index in [9.17, 15) is 45.6 Å². The number of carbonyl (C=O) groups is 1. The average molecular weight is 1350 g/mol. The molecule has 0 aliphatic carbocycles. The van der Waals surface area contributed by atoms with Gasteiger partial charge in [0.15, 0.2) is 12.6 Å². The number of unbranched alkanes of at least 4 members (excludes halogenated alkanes) is 47. The van der Waals surface area contributed by atoms with Crippen LogP contribution in [0.15, 0.2) is 48.6 Å². The molecule has 9 N–H and O–H groups in total. The van der Waals surface area contributed by atoms with E-state index in [1.165, 1.54) is 263 Å². The van der Waals surface area contributed by atoms with Gasteiger partial charge in [0.25, 0.3) is 0 Å². The second-order valence-corrected chi connectivity index (χ2v) is 28.5. The molecule has 0 aromatic heterocycles. The zero-order valence-corrected chi connectivity index (χ0v) is 61.2. The van der Waals surface area contributed by atoms with Gasteiger partial charge in [-0.15, -0.1) is 0 Å². The quantitative estimate of drug-likeness (QED) is 0.0204. The maximum absolute atomic E-state index is 13.4. The largest absolute Gasteiger partial charge is 0.394 e. The second-order valence-electron chi connectivity index (χ2n) is 28.5. The van der Waals surface area contributed by atoms with Crippen LogP contribution in [0, 0.1) is 0 Å². The van der Waals surface area contributed by atoms with Crippen molar-refractivity contribution in [2.75, 3.05) is 19.8 Å². The summed E-state index contributed by atoms with van der Waals surface area (Å²) in [6.45, 7) is 2.81. The van der Waals surface area contributed by atoms with Crippen LogP contribution < -0.4 is 5.32 Å². The van der Waals surface area contributed by atoms with Crippen molar-refractivity contribution in [2.24, 2.45) is 0 Å². The molecular weight excluding hydrogens is 1190 g/mol. The highest BCUT2D eigenvalue weighted by molar-refractivity contribution is 5.76. The van der Waals surface area contributed by atoms with E-state index in [1.54, 1.807) is 0 Å². The van der Waals surface area contributed by atoms with Crippen molar-refractivity contribution in [1.82, 2.24) is 5.32 Å². The molecule has 0 radical (unpaired) electrons. The molecule has 2 saturated heterocycles. The monoisotopic (exact) mass is 1350 g/mol. The summed E-state index contributed by atoms with van der Waals surface area (Å²) in [5.41, 5.74) is 0. The van der Waals surface area contributed by atoms with E-state index < -0.39 is 86.8 Å². The first-order valence-electron chi connectivity index (χ1n) is 40.4. The molecule has 0 aromatic carbocycles. The Balaban J connectivity index is 1.54. The number of hydrogen-bond donors (Lipinski definition) is 9. The van der Waals surface area contributed by atoms with E-state index in [2.05, 4.69) is 67.8 Å². The number of ether oxygens (including phenoxy) is 4. The van der Waals surface area contributed by atoms with E-state index in [4.69, 9.17) is 18.9 Å². The predicted molar refractivity (Wildman–Crippen MR) is 392 cm³/mol. The molecule has 2 aliphatic heterocycles. The molecule has 12 atom stereocenters. The number of aliphatic hydroxyl groups excluding tert-OH is 8. The third kappa shape index (κ3) is 48.4. The highest BCUT2D eigenvalue weighted by Crippen LogP contribution is 2.30. The summed E-state index contributed by atoms with van der Waals surface area (Å²) in [7, 11) is 0. The van der Waals surface area contributed by atoms with E-state index in [1.807, 2.05) is 0 Å². The van der Waals surface area contributed by atoms with Gasteiger partial charge in [-0.3, -0.25) is 4.79 Å². The lowest BCUT2D eigenvalue weighted by Crippen LogP contribution is -2.65. The Labute approximate surface area is 582 Å². The maximum atomic E-state index is 13.4. The molecule has 14 heteroatoms. The maximum Gasteiger partial charge on any atom is 0.220 e. The summed E-state index contributed by atoms with van der Waals surface area (Å²) in [5.74, 6) is -0.198. The molecule has 0 spiro atoms. The second kappa shape index (κ2) is 65.3. The molecule has 0 aromatic rings. The Morgan fingerprint density at radius 2 is 0.726 bits per heavy atom. The van der Waals surface area contributed by atoms with Crippen molar-refractivity contribution in [2.45, 2.75) is 441 Å². The van der Waals surface area contributed by atoms with E-state index in [0.717, 1.165) is 77.0 Å². The van der Waals surface area contributed by atoms with Gasteiger partial charge >= 0.3 is 0 Å². The van der Waals surface area contributed by atoms with Crippen LogP contribution in [0.25, 0.3) is 0 Å². The van der Waals surface area contributed by atoms with Gasteiger partial charge in [-0.2, -0.15) is 0 Å². The molecule has 2 fully saturated rings. The van der Waals surface area contributed by atoms with Gasteiger partial charge in [0.1, 0.15) is 48.8 Å². The molecular formula is C81H151NO13. The van der Waals surface area contributed by atoms with Crippen molar-refractivity contribution in [3.05, 3.63) is 48.6 Å². The van der Waals surface area contributed by atoms with Gasteiger partial charge in [0.2, 0.25) is 5.91 Å². The molecule has 1 amide bonds. The summed E-state index contributed by atoms with van der Waals surface area (Å²) in [5, 5.41) is 87.8. The van der Waals surface area contributed by atoms with Crippen molar-refractivity contribution in [1.29, 1.82) is 0 Å². The van der Waals surface area contributed by atoms with Crippen LogP contribution in [-0.2, 0) is 23.7 Å². The van der Waals surface area contributed by atoms with Gasteiger partial charge in [0.05, 0.1) is 32.0 Å². The van der Waals surface area contributed by atoms with Gasteiger partial charge < -0.3 is 65.1 Å². The minimum absolute atomic E-state index is 0.198. The van der Waals surface area contributed by atoms with Crippen LogP contribution in [0.2, 0.25) is 0 Å². The summed E-state index contributed by atoms with van der Waals surface area (Å²) in [4.78, 5) is 13.4. The number of nitrogens with one attached hydrogen (secondary N) is 1. The van der Waals surface area contributed by atoms with Crippen molar-refractivity contribution < 1.29 is 64.6 Å². The number of hydrogen-bond acceptors (Lipinski definition) is 13. The van der Waals surface area contributed by atoms with Crippen molar-refractivity contribution in [3.63, 3.8) is 0 Å². The first kappa shape index (κ1) is 89.0. The number of carbonyl (C=O) groups excluding carboxylic acids is 1. The lowest BCUT2D eigenvalue weighted by atomic mass is 9.97. The Bertz CT molecular complexity index is 1780. The fraction of sp³-hybridized carbons (Fsp3) is 0.889. The van der Waals surface area contributed by atoms with Crippen LogP contribution in [0.4, 0.5) is 0 Å². The van der Waals surface area contributed by atoms with E-state index >= 15 is 0 Å². The molecule has 558 valence electrons. The Kier molecular flexibility index (Phi) is 61.2. The predicted octanol–water partition coefficient (Wildman–Crippen LogP) is 18.2. The van der Waals surface area contributed by atoms with E-state index in [0.29, 0.717) is 12.8 Å². The van der Waals surface area contributed by atoms with Gasteiger partial charge in [-0.05, 0) is 51.4 Å². The van der Waals surface area contributed by atoms with Crippen LogP contribution in [0.5, 0.6) is 0 Å². The average Bonchev–Trinajstić information content (AvgIpc) is 0.897. The van der Waals surface area contributed by atoms with E-state index in [-0.39, 0.29) is 12.5 Å². The SMILES string of the molecule is CC/C=C\C/C=C\C/C=C\C/C=C\CCCCCCCCCCCCCCCCCCCCCCCCCCCCCCC(=O)NC(COC1OC(CO)C(OC2OC(CO)C(O)C(O)C2O)C(O)C1O)C(O)CCCCCCCCCCCCCCCCCCCCCC. The Hall–Kier alpha value is -2.05. The van der Waals surface area contributed by atoms with Crippen LogP contribution in [0.3, 0.4) is 0 Å². The fourth-order valence-corrected chi connectivity index (χ4v) is 13.5. The van der Waals surface area contributed by atoms with Gasteiger partial charge in [-0.25, -0.2) is 0 Å². The molecule has 0 saturated carbocycles. The number of rotatable bonds is 68. The topological polar surface area (TPSA) is 228 Å². The lowest BCUT2D eigenvalue weighted by molar-refractivity contribution is -0.359. The minimum atomic E-state index is -1.78. The molecule has 0 bridgehead atoms. The normalized spacial score (nSPS) is 22.5. The van der Waals surface area contributed by atoms with Crippen LogP contribution in [-0.4, -0.2) is 140 Å². The molecule has 2 aliphatic rings. The third-order valence-corrected chi connectivity index (χ3v) is 19.8. The Morgan fingerprint density at radius 1 is 0.389 bits per heavy atom. The smallest absolute Gasteiger partial charge is 0.220 e. The lowest BCUT2D eigenvalue weighted by Gasteiger charge is -2.46. The van der Waals surface area contributed by atoms with Crippen LogP contribution >= 0.6 is 0 Å². The number of amides is 1. The molecule has 2 rings (SSSR count). The Morgan fingerprint density at radius 3 is 1.12 bits per heavy atom. The first-order chi connectivity index (χ1) is 46.6. The van der Waals surface area contributed by atoms with Gasteiger partial charge in [-0.1, -0.05) is 358 Å². The molecule has 12 unspecified atom stereocenters. The highest BCUT2D eigenvalue weighted by Gasteiger charge is 2.51. The standard InChI is InChI=1S/C81H151NO13/c1-3-5-7-9-11-13-15-17-19-21-23-25-26-27-28-29-30-31-32-33-34-35-36-37-38-39-40-41-42-43-44-45-47-49-51-53-55-57-59-61-63-65-73(86)82-69(70(85)64-62-60-58-56-54-52-50-48-46-24-22-20-18-16-14-12-10-8-6-4-2)68-92-80-78(91)76(89)79(72(67-84)94-80)95-81-77(90)75(88)74(87)71(66-83)93-81/h5,7,11,13,17,19,23,25,69-72,74-81,83-85,87-91H,3-4,6,8-10,12,14-16,18,20-22,24,26-68H2,1-2H3,(H,82,86)/b7-5-,13-11-,19-17-,25-23-. The third-order valence-electron chi connectivity index (χ3n) is 19.8. The zero-order valence-electron chi connectivity index (χ0n) is 61.2. The number of aliphatic hydroxyl groups is 8. The van der Waals surface area contributed by atoms with Crippen molar-refractivity contribution >= 4 is 5.91 Å². The van der Waals surface area contributed by atoms with Gasteiger partial charge in [0, 0.05) is 6.42 Å². The summed E-state index contributed by atoms with van der Waals surface area (Å²) in [6, 6.07) is -0.828. The van der Waals surface area contributed by atoms with Crippen LogP contribution in [0.1, 0.15) is 367 Å². The summed E-state index contributed by atoms with van der Waals surface area (Å²) in [6.07, 6.45) is 70.2. The zero-order chi connectivity index (χ0) is 68.7. The molecule has 14 nitrogen and oxygen atoms in total. The minimum Gasteiger partial charge on any atom is -0.394 e. The fourth-order valence-electron chi connectivity index (χ4n) is 13.5. The van der Waals surface area contributed by atoms with Crippen molar-refractivity contribution in [3.8, 4) is 0 Å². The molecule has 95 heavy (non-hydrogen) atoms.